The molecule has 0 amide bonds. The number of nitrogens with one attached hydrogen (secondary N) is 1. The Balaban J connectivity index is 2.22. The van der Waals surface area contributed by atoms with Gasteiger partial charge in [0.05, 0.1) is 18.5 Å². The summed E-state index contributed by atoms with van der Waals surface area (Å²) >= 11 is 1.72. The van der Waals surface area contributed by atoms with E-state index in [1.165, 1.54) is 4.90 Å². The SMILES string of the molecule is COc1cccc(Nc2ccc(SC)cc2)c1N. The van der Waals surface area contributed by atoms with Crippen molar-refractivity contribution in [3.8, 4) is 5.75 Å². The van der Waals surface area contributed by atoms with Crippen LogP contribution in [0.4, 0.5) is 17.1 Å². The second-order valence-corrected chi connectivity index (χ2v) is 4.65. The average molecular weight is 260 g/mol. The van der Waals surface area contributed by atoms with Crippen LogP contribution in [-0.4, -0.2) is 13.4 Å². The topological polar surface area (TPSA) is 47.3 Å². The minimum atomic E-state index is 0.619. The van der Waals surface area contributed by atoms with Gasteiger partial charge < -0.3 is 15.8 Å². The molecule has 94 valence electrons. The lowest BCUT2D eigenvalue weighted by molar-refractivity contribution is 0.417. The van der Waals surface area contributed by atoms with Crippen molar-refractivity contribution in [3.63, 3.8) is 0 Å². The summed E-state index contributed by atoms with van der Waals surface area (Å²) in [7, 11) is 1.61. The molecule has 0 unspecified atom stereocenters. The van der Waals surface area contributed by atoms with Crippen molar-refractivity contribution < 1.29 is 4.74 Å². The maximum atomic E-state index is 6.01. The molecule has 0 aliphatic carbocycles. The summed E-state index contributed by atoms with van der Waals surface area (Å²) in [6.07, 6.45) is 2.06. The molecular weight excluding hydrogens is 244 g/mol. The highest BCUT2D eigenvalue weighted by atomic mass is 32.2. The lowest BCUT2D eigenvalue weighted by Gasteiger charge is -2.12. The van der Waals surface area contributed by atoms with Crippen molar-refractivity contribution in [2.75, 3.05) is 24.4 Å². The van der Waals surface area contributed by atoms with E-state index in [1.54, 1.807) is 18.9 Å². The molecule has 0 saturated carbocycles. The van der Waals surface area contributed by atoms with Crippen molar-refractivity contribution in [2.24, 2.45) is 0 Å². The van der Waals surface area contributed by atoms with Crippen molar-refractivity contribution in [1.29, 1.82) is 0 Å². The number of hydrogen-bond acceptors (Lipinski definition) is 4. The van der Waals surface area contributed by atoms with Crippen LogP contribution >= 0.6 is 11.8 Å². The number of anilines is 3. The number of nitrogens with two attached hydrogens (primary N) is 1. The Labute approximate surface area is 111 Å². The lowest BCUT2D eigenvalue weighted by atomic mass is 10.2. The molecule has 0 atom stereocenters. The summed E-state index contributed by atoms with van der Waals surface area (Å²) in [6.45, 7) is 0. The van der Waals surface area contributed by atoms with Gasteiger partial charge in [-0.3, -0.25) is 0 Å². The molecule has 0 saturated heterocycles. The van der Waals surface area contributed by atoms with Gasteiger partial charge >= 0.3 is 0 Å². The highest BCUT2D eigenvalue weighted by molar-refractivity contribution is 7.98. The fourth-order valence-corrected chi connectivity index (χ4v) is 2.07. The van der Waals surface area contributed by atoms with Gasteiger partial charge in [-0.25, -0.2) is 0 Å². The first-order valence-corrected chi connectivity index (χ1v) is 6.80. The summed E-state index contributed by atoms with van der Waals surface area (Å²) in [5, 5.41) is 3.28. The van der Waals surface area contributed by atoms with Crippen LogP contribution in [0.3, 0.4) is 0 Å². The Hall–Kier alpha value is -1.81. The third kappa shape index (κ3) is 2.71. The molecule has 0 aromatic heterocycles. The van der Waals surface area contributed by atoms with Gasteiger partial charge in [0.2, 0.25) is 0 Å². The van der Waals surface area contributed by atoms with Gasteiger partial charge in [0.1, 0.15) is 5.75 Å². The van der Waals surface area contributed by atoms with Gasteiger partial charge in [-0.05, 0) is 42.7 Å². The molecule has 2 aromatic rings. The van der Waals surface area contributed by atoms with Crippen molar-refractivity contribution in [2.45, 2.75) is 4.90 Å². The zero-order valence-corrected chi connectivity index (χ0v) is 11.3. The van der Waals surface area contributed by atoms with E-state index in [0.29, 0.717) is 11.4 Å². The first kappa shape index (κ1) is 12.6. The molecule has 18 heavy (non-hydrogen) atoms. The van der Waals surface area contributed by atoms with E-state index in [4.69, 9.17) is 10.5 Å². The molecule has 2 aromatic carbocycles. The minimum Gasteiger partial charge on any atom is -0.495 e. The van der Waals surface area contributed by atoms with E-state index in [9.17, 15) is 0 Å². The third-order valence-electron chi connectivity index (χ3n) is 2.66. The quantitative estimate of drug-likeness (QED) is 0.649. The van der Waals surface area contributed by atoms with E-state index in [1.807, 2.05) is 30.3 Å². The molecule has 0 aliphatic rings. The summed E-state index contributed by atoms with van der Waals surface area (Å²) in [5.41, 5.74) is 8.49. The zero-order chi connectivity index (χ0) is 13.0. The van der Waals surface area contributed by atoms with Crippen LogP contribution in [0.25, 0.3) is 0 Å². The molecule has 0 bridgehead atoms. The number of thioether (sulfide) groups is 1. The predicted octanol–water partition coefficient (Wildman–Crippen LogP) is 3.74. The first-order chi connectivity index (χ1) is 8.74. The Kier molecular flexibility index (Phi) is 3.99. The molecule has 3 N–H and O–H groups in total. The van der Waals surface area contributed by atoms with Crippen molar-refractivity contribution in [1.82, 2.24) is 0 Å². The van der Waals surface area contributed by atoms with Gasteiger partial charge in [0.25, 0.3) is 0 Å². The standard InChI is InChI=1S/C14H16N2OS/c1-17-13-5-3-4-12(14(13)15)16-10-6-8-11(18-2)9-7-10/h3-9,16H,15H2,1-2H3. The van der Waals surface area contributed by atoms with Gasteiger partial charge in [-0.2, -0.15) is 0 Å². The smallest absolute Gasteiger partial charge is 0.143 e. The molecule has 0 spiro atoms. The van der Waals surface area contributed by atoms with E-state index in [-0.39, 0.29) is 0 Å². The molecule has 4 heteroatoms. The summed E-state index contributed by atoms with van der Waals surface area (Å²) in [5.74, 6) is 0.681. The van der Waals surface area contributed by atoms with E-state index in [2.05, 4.69) is 23.7 Å². The molecule has 2 rings (SSSR count). The molecule has 0 radical (unpaired) electrons. The molecule has 0 fully saturated rings. The summed E-state index contributed by atoms with van der Waals surface area (Å²) < 4.78 is 5.19. The summed E-state index contributed by atoms with van der Waals surface area (Å²) in [6, 6.07) is 13.9. The normalized spacial score (nSPS) is 10.1. The Morgan fingerprint density at radius 3 is 2.44 bits per heavy atom. The van der Waals surface area contributed by atoms with E-state index < -0.39 is 0 Å². The van der Waals surface area contributed by atoms with Crippen LogP contribution in [0.5, 0.6) is 5.75 Å². The summed E-state index contributed by atoms with van der Waals surface area (Å²) in [4.78, 5) is 1.24. The number of ether oxygens (including phenoxy) is 1. The van der Waals surface area contributed by atoms with Crippen LogP contribution < -0.4 is 15.8 Å². The Morgan fingerprint density at radius 1 is 1.11 bits per heavy atom. The molecule has 3 nitrogen and oxygen atoms in total. The van der Waals surface area contributed by atoms with Gasteiger partial charge in [0, 0.05) is 10.6 Å². The number of methoxy groups -OCH3 is 1. The second-order valence-electron chi connectivity index (χ2n) is 3.78. The number of nitrogen functional groups attached to an aromatic ring is 1. The lowest BCUT2D eigenvalue weighted by Crippen LogP contribution is -1.98. The van der Waals surface area contributed by atoms with Gasteiger partial charge in [-0.1, -0.05) is 6.07 Å². The van der Waals surface area contributed by atoms with E-state index >= 15 is 0 Å². The Morgan fingerprint density at radius 2 is 1.83 bits per heavy atom. The van der Waals surface area contributed by atoms with Gasteiger partial charge in [0.15, 0.2) is 0 Å². The Bertz CT molecular complexity index is 526. The van der Waals surface area contributed by atoms with Crippen LogP contribution in [0.15, 0.2) is 47.4 Å². The average Bonchev–Trinajstić information content (AvgIpc) is 2.42. The first-order valence-electron chi connectivity index (χ1n) is 5.58. The third-order valence-corrected chi connectivity index (χ3v) is 3.40. The molecular formula is C14H16N2OS. The number of rotatable bonds is 4. The van der Waals surface area contributed by atoms with Crippen molar-refractivity contribution in [3.05, 3.63) is 42.5 Å². The fraction of sp³-hybridized carbons (Fsp3) is 0.143. The van der Waals surface area contributed by atoms with Crippen LogP contribution in [-0.2, 0) is 0 Å². The number of para-hydroxylation sites is 1. The highest BCUT2D eigenvalue weighted by Crippen LogP contribution is 2.31. The largest absolute Gasteiger partial charge is 0.495 e. The van der Waals surface area contributed by atoms with Crippen molar-refractivity contribution >= 4 is 28.8 Å². The maximum absolute atomic E-state index is 6.01. The van der Waals surface area contributed by atoms with Crippen LogP contribution in [0.2, 0.25) is 0 Å². The van der Waals surface area contributed by atoms with E-state index in [0.717, 1.165) is 11.4 Å². The highest BCUT2D eigenvalue weighted by Gasteiger charge is 2.04. The fourth-order valence-electron chi connectivity index (χ4n) is 1.66. The number of hydrogen-bond donors (Lipinski definition) is 2. The predicted molar refractivity (Wildman–Crippen MR) is 78.9 cm³/mol. The minimum absolute atomic E-state index is 0.619. The van der Waals surface area contributed by atoms with Crippen LogP contribution in [0.1, 0.15) is 0 Å². The zero-order valence-electron chi connectivity index (χ0n) is 10.4. The van der Waals surface area contributed by atoms with Crippen LogP contribution in [0, 0.1) is 0 Å². The molecule has 0 aliphatic heterocycles. The number of benzene rings is 2. The monoisotopic (exact) mass is 260 g/mol. The van der Waals surface area contributed by atoms with Gasteiger partial charge in [-0.15, -0.1) is 11.8 Å². The second kappa shape index (κ2) is 5.69. The molecule has 0 heterocycles. The maximum Gasteiger partial charge on any atom is 0.143 e.